The summed E-state index contributed by atoms with van der Waals surface area (Å²) in [5.74, 6) is 0.801. The maximum absolute atomic E-state index is 11.0. The minimum absolute atomic E-state index is 0.0509. The van der Waals surface area contributed by atoms with Crippen molar-refractivity contribution < 1.29 is 4.79 Å². The third kappa shape index (κ3) is 3.84. The first-order chi connectivity index (χ1) is 6.83. The molecule has 0 unspecified atom stereocenters. The van der Waals surface area contributed by atoms with Gasteiger partial charge < -0.3 is 5.32 Å². The molecular weight excluding hydrogens is 180 g/mol. The normalized spacial score (nSPS) is 10.6. The number of nitrogens with zero attached hydrogens (tertiary/aromatic N) is 2. The van der Waals surface area contributed by atoms with Crippen LogP contribution in [0.3, 0.4) is 0 Å². The van der Waals surface area contributed by atoms with Crippen LogP contribution in [0.2, 0.25) is 0 Å². The Morgan fingerprint density at radius 3 is 3.21 bits per heavy atom. The predicted octanol–water partition coefficient (Wildman–Crippen LogP) is 0.430. The van der Waals surface area contributed by atoms with Gasteiger partial charge in [0.25, 0.3) is 0 Å². The summed E-state index contributed by atoms with van der Waals surface area (Å²) < 4.78 is 0. The fraction of sp³-hybridized carbons (Fsp3) is 0.444. The van der Waals surface area contributed by atoms with Gasteiger partial charge in [-0.1, -0.05) is 6.08 Å². The minimum atomic E-state index is -0.0509. The highest BCUT2D eigenvalue weighted by atomic mass is 16.1. The van der Waals surface area contributed by atoms with E-state index < -0.39 is 0 Å². The Bertz CT molecular complexity index is 292. The number of rotatable bonds is 5. The number of H-pyrrole nitrogens is 1. The lowest BCUT2D eigenvalue weighted by molar-refractivity contribution is -0.116. The average Bonchev–Trinajstić information content (AvgIpc) is 2.65. The van der Waals surface area contributed by atoms with Gasteiger partial charge in [0.05, 0.1) is 0 Å². The molecule has 0 aliphatic heterocycles. The number of carbonyl (C=O) groups is 1. The Morgan fingerprint density at radius 1 is 1.71 bits per heavy atom. The van der Waals surface area contributed by atoms with E-state index in [0.29, 0.717) is 6.54 Å². The zero-order chi connectivity index (χ0) is 10.2. The molecule has 1 rings (SSSR count). The van der Waals surface area contributed by atoms with E-state index in [4.69, 9.17) is 0 Å². The first-order valence-electron chi connectivity index (χ1n) is 4.57. The van der Waals surface area contributed by atoms with E-state index in [1.165, 1.54) is 12.4 Å². The SMILES string of the molecule is CC=CC(=O)NCCCc1ncn[nH]1. The van der Waals surface area contributed by atoms with Gasteiger partial charge in [-0.3, -0.25) is 9.89 Å². The molecule has 5 heteroatoms. The van der Waals surface area contributed by atoms with Gasteiger partial charge in [-0.25, -0.2) is 4.98 Å². The number of hydrogen-bond acceptors (Lipinski definition) is 3. The summed E-state index contributed by atoms with van der Waals surface area (Å²) in [4.78, 5) is 14.9. The van der Waals surface area contributed by atoms with Crippen molar-refractivity contribution in [1.29, 1.82) is 0 Å². The van der Waals surface area contributed by atoms with Crippen LogP contribution in [0.4, 0.5) is 0 Å². The molecule has 1 heterocycles. The summed E-state index contributed by atoms with van der Waals surface area (Å²) in [6.07, 6.45) is 6.36. The van der Waals surface area contributed by atoms with Crippen molar-refractivity contribution in [3.63, 3.8) is 0 Å². The molecule has 14 heavy (non-hydrogen) atoms. The number of aromatic amines is 1. The van der Waals surface area contributed by atoms with E-state index in [1.807, 2.05) is 6.92 Å². The summed E-state index contributed by atoms with van der Waals surface area (Å²) in [5.41, 5.74) is 0. The van der Waals surface area contributed by atoms with Crippen LogP contribution >= 0.6 is 0 Å². The highest BCUT2D eigenvalue weighted by molar-refractivity contribution is 5.87. The van der Waals surface area contributed by atoms with E-state index in [2.05, 4.69) is 20.5 Å². The molecule has 1 aromatic rings. The van der Waals surface area contributed by atoms with E-state index in [0.717, 1.165) is 18.7 Å². The van der Waals surface area contributed by atoms with Crippen LogP contribution in [-0.2, 0) is 11.2 Å². The van der Waals surface area contributed by atoms with Gasteiger partial charge in [0.2, 0.25) is 5.91 Å². The molecule has 0 aliphatic carbocycles. The van der Waals surface area contributed by atoms with Gasteiger partial charge in [0, 0.05) is 13.0 Å². The van der Waals surface area contributed by atoms with Crippen molar-refractivity contribution in [2.45, 2.75) is 19.8 Å². The Kier molecular flexibility index (Phi) is 4.40. The maximum Gasteiger partial charge on any atom is 0.243 e. The molecule has 0 spiro atoms. The molecule has 2 N–H and O–H groups in total. The van der Waals surface area contributed by atoms with E-state index in [1.54, 1.807) is 6.08 Å². The maximum atomic E-state index is 11.0. The van der Waals surface area contributed by atoms with E-state index in [-0.39, 0.29) is 5.91 Å². The van der Waals surface area contributed by atoms with E-state index >= 15 is 0 Å². The van der Waals surface area contributed by atoms with Crippen molar-refractivity contribution in [3.05, 3.63) is 24.3 Å². The lowest BCUT2D eigenvalue weighted by Gasteiger charge is -1.99. The summed E-state index contributed by atoms with van der Waals surface area (Å²) >= 11 is 0. The van der Waals surface area contributed by atoms with Gasteiger partial charge >= 0.3 is 0 Å². The number of amides is 1. The van der Waals surface area contributed by atoms with Crippen LogP contribution in [-0.4, -0.2) is 27.6 Å². The molecule has 0 saturated heterocycles. The monoisotopic (exact) mass is 194 g/mol. The third-order valence-corrected chi connectivity index (χ3v) is 1.67. The highest BCUT2D eigenvalue weighted by Gasteiger charge is 1.96. The summed E-state index contributed by atoms with van der Waals surface area (Å²) in [6, 6.07) is 0. The van der Waals surface area contributed by atoms with Crippen LogP contribution in [0.15, 0.2) is 18.5 Å². The number of carbonyl (C=O) groups excluding carboxylic acids is 1. The number of hydrogen-bond donors (Lipinski definition) is 2. The lowest BCUT2D eigenvalue weighted by Crippen LogP contribution is -2.22. The number of nitrogens with one attached hydrogen (secondary N) is 2. The standard InChI is InChI=1S/C9H14N4O/c1-2-4-9(14)10-6-3-5-8-11-7-12-13-8/h2,4,7H,3,5-6H2,1H3,(H,10,14)(H,11,12,13). The number of aryl methyl sites for hydroxylation is 1. The van der Waals surface area contributed by atoms with Gasteiger partial charge in [-0.15, -0.1) is 0 Å². The highest BCUT2D eigenvalue weighted by Crippen LogP contribution is 1.91. The molecule has 0 aliphatic rings. The second kappa shape index (κ2) is 5.90. The van der Waals surface area contributed by atoms with Crippen molar-refractivity contribution in [2.24, 2.45) is 0 Å². The molecule has 0 saturated carbocycles. The van der Waals surface area contributed by atoms with Crippen molar-refractivity contribution in [1.82, 2.24) is 20.5 Å². The van der Waals surface area contributed by atoms with Crippen LogP contribution in [0, 0.1) is 0 Å². The van der Waals surface area contributed by atoms with Gasteiger partial charge in [-0.05, 0) is 19.4 Å². The Labute approximate surface area is 82.6 Å². The second-order valence-corrected chi connectivity index (χ2v) is 2.83. The first kappa shape index (κ1) is 10.4. The smallest absolute Gasteiger partial charge is 0.243 e. The Hall–Kier alpha value is -1.65. The summed E-state index contributed by atoms with van der Waals surface area (Å²) in [6.45, 7) is 2.47. The lowest BCUT2D eigenvalue weighted by atomic mass is 10.3. The molecule has 0 aromatic carbocycles. The van der Waals surface area contributed by atoms with Crippen molar-refractivity contribution in [2.75, 3.05) is 6.54 Å². The summed E-state index contributed by atoms with van der Waals surface area (Å²) in [5, 5.41) is 9.25. The van der Waals surface area contributed by atoms with Crippen LogP contribution in [0.5, 0.6) is 0 Å². The first-order valence-corrected chi connectivity index (χ1v) is 4.57. The zero-order valence-electron chi connectivity index (χ0n) is 8.16. The third-order valence-electron chi connectivity index (χ3n) is 1.67. The molecular formula is C9H14N4O. The molecule has 0 radical (unpaired) electrons. The number of aromatic nitrogens is 3. The minimum Gasteiger partial charge on any atom is -0.353 e. The van der Waals surface area contributed by atoms with Gasteiger partial charge in [0.1, 0.15) is 12.2 Å². The zero-order valence-corrected chi connectivity index (χ0v) is 8.16. The van der Waals surface area contributed by atoms with Crippen LogP contribution in [0.1, 0.15) is 19.2 Å². The quantitative estimate of drug-likeness (QED) is 0.527. The molecule has 0 atom stereocenters. The van der Waals surface area contributed by atoms with Crippen LogP contribution in [0.25, 0.3) is 0 Å². The largest absolute Gasteiger partial charge is 0.353 e. The molecule has 0 bridgehead atoms. The van der Waals surface area contributed by atoms with Gasteiger partial charge in [-0.2, -0.15) is 5.10 Å². The molecule has 1 amide bonds. The van der Waals surface area contributed by atoms with Crippen molar-refractivity contribution in [3.8, 4) is 0 Å². The molecule has 1 aromatic heterocycles. The Balaban J connectivity index is 2.08. The Morgan fingerprint density at radius 2 is 2.57 bits per heavy atom. The van der Waals surface area contributed by atoms with E-state index in [9.17, 15) is 4.79 Å². The van der Waals surface area contributed by atoms with Crippen molar-refractivity contribution >= 4 is 5.91 Å². The fourth-order valence-electron chi connectivity index (χ4n) is 1.03. The van der Waals surface area contributed by atoms with Gasteiger partial charge in [0.15, 0.2) is 0 Å². The fourth-order valence-corrected chi connectivity index (χ4v) is 1.03. The molecule has 76 valence electrons. The molecule has 5 nitrogen and oxygen atoms in total. The predicted molar refractivity (Wildman–Crippen MR) is 52.5 cm³/mol. The summed E-state index contributed by atoms with van der Waals surface area (Å²) in [7, 11) is 0. The van der Waals surface area contributed by atoms with Crippen LogP contribution < -0.4 is 5.32 Å². The topological polar surface area (TPSA) is 70.7 Å². The second-order valence-electron chi connectivity index (χ2n) is 2.83. The number of allylic oxidation sites excluding steroid dienone is 1. The molecule has 0 fully saturated rings. The average molecular weight is 194 g/mol.